The number of rotatable bonds is 6. The van der Waals surface area contributed by atoms with Crippen molar-refractivity contribution in [1.82, 2.24) is 4.90 Å². The summed E-state index contributed by atoms with van der Waals surface area (Å²) in [5, 5.41) is 48.1. The Bertz CT molecular complexity index is 501. The molecule has 2 unspecified atom stereocenters. The van der Waals surface area contributed by atoms with Gasteiger partial charge < -0.3 is 30.3 Å². The van der Waals surface area contributed by atoms with Gasteiger partial charge in [0.2, 0.25) is 0 Å². The van der Waals surface area contributed by atoms with Gasteiger partial charge in [-0.05, 0) is 17.8 Å². The van der Waals surface area contributed by atoms with Crippen molar-refractivity contribution in [3.05, 3.63) is 35.9 Å². The average Bonchev–Trinajstić information content (AvgIpc) is 2.81. The van der Waals surface area contributed by atoms with Gasteiger partial charge in [-0.15, -0.1) is 0 Å². The summed E-state index contributed by atoms with van der Waals surface area (Å²) < 4.78 is 5.24. The van der Waals surface area contributed by atoms with Crippen molar-refractivity contribution in [2.24, 2.45) is 0 Å². The van der Waals surface area contributed by atoms with E-state index in [1.807, 2.05) is 30.3 Å². The first-order valence-electron chi connectivity index (χ1n) is 6.80. The summed E-state index contributed by atoms with van der Waals surface area (Å²) in [6.07, 6.45) is -7.29. The third-order valence-corrected chi connectivity index (χ3v) is 3.88. The molecular weight excluding hydrogens is 310 g/mol. The van der Waals surface area contributed by atoms with Crippen LogP contribution in [-0.4, -0.2) is 72.9 Å². The second-order valence-corrected chi connectivity index (χ2v) is 5.46. The summed E-state index contributed by atoms with van der Waals surface area (Å²) in [6, 6.07) is 9.25. The normalized spacial score (nSPS) is 25.7. The third-order valence-electron chi connectivity index (χ3n) is 3.55. The summed E-state index contributed by atoms with van der Waals surface area (Å²) in [5.74, 6) is 0. The second kappa shape index (κ2) is 7.32. The highest BCUT2D eigenvalue weighted by Crippen LogP contribution is 2.25. The van der Waals surface area contributed by atoms with Crippen LogP contribution in [0.25, 0.3) is 0 Å². The Hall–Kier alpha value is -1.29. The van der Waals surface area contributed by atoms with Crippen molar-refractivity contribution >= 4 is 17.4 Å². The van der Waals surface area contributed by atoms with E-state index in [1.165, 1.54) is 4.90 Å². The summed E-state index contributed by atoms with van der Waals surface area (Å²) in [6.45, 7) is -0.443. The number of ether oxygens (including phenoxy) is 1. The van der Waals surface area contributed by atoms with E-state index in [1.54, 1.807) is 0 Å². The molecule has 5 N–H and O–H groups in total. The van der Waals surface area contributed by atoms with Crippen LogP contribution >= 0.6 is 12.2 Å². The molecule has 1 aliphatic heterocycles. The number of aliphatic hydroxyl groups is 5. The molecule has 0 bridgehead atoms. The zero-order chi connectivity index (χ0) is 16.3. The molecule has 0 aromatic heterocycles. The monoisotopic (exact) mass is 329 g/mol. The Morgan fingerprint density at radius 2 is 1.82 bits per heavy atom. The van der Waals surface area contributed by atoms with Gasteiger partial charge in [-0.25, -0.2) is 0 Å². The predicted octanol–water partition coefficient (Wildman–Crippen LogP) is -1.43. The predicted molar refractivity (Wildman–Crippen MR) is 80.6 cm³/mol. The Balaban J connectivity index is 2.06. The maximum atomic E-state index is 10.3. The summed E-state index contributed by atoms with van der Waals surface area (Å²) in [5.41, 5.74) is 0.888. The Morgan fingerprint density at radius 3 is 2.41 bits per heavy atom. The van der Waals surface area contributed by atoms with Gasteiger partial charge in [0.05, 0.1) is 6.61 Å². The number of nitrogens with zero attached hydrogens (tertiary/aromatic N) is 1. The van der Waals surface area contributed by atoms with Crippen molar-refractivity contribution in [1.29, 1.82) is 0 Å². The first-order chi connectivity index (χ1) is 10.5. The van der Waals surface area contributed by atoms with Gasteiger partial charge in [0.1, 0.15) is 18.3 Å². The van der Waals surface area contributed by atoms with Crippen LogP contribution < -0.4 is 0 Å². The number of hydrogen-bond acceptors (Lipinski definition) is 7. The highest BCUT2D eigenvalue weighted by Gasteiger charge is 2.45. The van der Waals surface area contributed by atoms with Crippen LogP contribution in [0.4, 0.5) is 0 Å². The quantitative estimate of drug-likeness (QED) is 0.404. The molecule has 22 heavy (non-hydrogen) atoms. The average molecular weight is 329 g/mol. The van der Waals surface area contributed by atoms with E-state index in [-0.39, 0.29) is 11.7 Å². The first-order valence-corrected chi connectivity index (χ1v) is 7.21. The second-order valence-electron chi connectivity index (χ2n) is 5.11. The highest BCUT2D eigenvalue weighted by atomic mass is 32.1. The van der Waals surface area contributed by atoms with E-state index >= 15 is 0 Å². The summed E-state index contributed by atoms with van der Waals surface area (Å²) in [7, 11) is 0. The van der Waals surface area contributed by atoms with E-state index in [0.717, 1.165) is 5.56 Å². The number of aliphatic hydroxyl groups excluding tert-OH is 5. The van der Waals surface area contributed by atoms with E-state index in [2.05, 4.69) is 0 Å². The standard InChI is InChI=1S/C14H19NO6S/c16-7-9(17)10(18)11(19)12-13(20)15(14(22)21-12)6-8-4-2-1-3-5-8/h1-5,9-13,16-20H,6-7H2/t9-,10-,11+,12?,13?/m1/s1. The lowest BCUT2D eigenvalue weighted by Gasteiger charge is -2.27. The van der Waals surface area contributed by atoms with Crippen LogP contribution in [0.2, 0.25) is 0 Å². The fourth-order valence-corrected chi connectivity index (χ4v) is 2.53. The minimum atomic E-state index is -1.66. The molecule has 0 aliphatic carbocycles. The van der Waals surface area contributed by atoms with Crippen molar-refractivity contribution in [2.75, 3.05) is 6.61 Å². The molecular formula is C14H19NO6S. The zero-order valence-corrected chi connectivity index (χ0v) is 12.5. The zero-order valence-electron chi connectivity index (χ0n) is 11.7. The lowest BCUT2D eigenvalue weighted by Crippen LogP contribution is -2.50. The molecule has 1 aliphatic rings. The van der Waals surface area contributed by atoms with E-state index in [9.17, 15) is 20.4 Å². The SMILES string of the molecule is OC[C@@H](O)[C@@H](O)[C@H](O)C1OC(=S)N(Cc2ccccc2)C1O. The molecule has 7 nitrogen and oxygen atoms in total. The fourth-order valence-electron chi connectivity index (χ4n) is 2.24. The molecule has 122 valence electrons. The van der Waals surface area contributed by atoms with Crippen LogP contribution in [0.5, 0.6) is 0 Å². The Labute approximate surface area is 133 Å². The van der Waals surface area contributed by atoms with Gasteiger partial charge >= 0.3 is 0 Å². The largest absolute Gasteiger partial charge is 0.460 e. The van der Waals surface area contributed by atoms with Gasteiger partial charge in [0, 0.05) is 6.54 Å². The lowest BCUT2D eigenvalue weighted by molar-refractivity contribution is -0.133. The summed E-state index contributed by atoms with van der Waals surface area (Å²) in [4.78, 5) is 1.37. The van der Waals surface area contributed by atoms with Crippen molar-refractivity contribution in [2.45, 2.75) is 37.2 Å². The Kier molecular flexibility index (Phi) is 5.68. The Morgan fingerprint density at radius 1 is 1.18 bits per heavy atom. The molecule has 8 heteroatoms. The van der Waals surface area contributed by atoms with Crippen LogP contribution in [0.1, 0.15) is 5.56 Å². The van der Waals surface area contributed by atoms with Crippen LogP contribution in [0.15, 0.2) is 30.3 Å². The van der Waals surface area contributed by atoms with E-state index in [0.29, 0.717) is 0 Å². The van der Waals surface area contributed by atoms with Crippen LogP contribution in [0.3, 0.4) is 0 Å². The van der Waals surface area contributed by atoms with Crippen molar-refractivity contribution in [3.8, 4) is 0 Å². The maximum absolute atomic E-state index is 10.3. The molecule has 0 spiro atoms. The molecule has 0 saturated carbocycles. The molecule has 0 amide bonds. The van der Waals surface area contributed by atoms with Gasteiger partial charge in [-0.1, -0.05) is 30.3 Å². The lowest BCUT2D eigenvalue weighted by atomic mass is 10.0. The van der Waals surface area contributed by atoms with Crippen LogP contribution in [-0.2, 0) is 11.3 Å². The topological polar surface area (TPSA) is 114 Å². The number of thiocarbonyl (C=S) groups is 1. The van der Waals surface area contributed by atoms with Crippen LogP contribution in [0, 0.1) is 0 Å². The minimum Gasteiger partial charge on any atom is -0.460 e. The smallest absolute Gasteiger partial charge is 0.262 e. The molecule has 1 heterocycles. The molecule has 1 aromatic rings. The molecule has 0 radical (unpaired) electrons. The van der Waals surface area contributed by atoms with Gasteiger partial charge in [0.15, 0.2) is 12.3 Å². The van der Waals surface area contributed by atoms with Crippen molar-refractivity contribution < 1.29 is 30.3 Å². The maximum Gasteiger partial charge on any atom is 0.262 e. The fraction of sp³-hybridized carbons (Fsp3) is 0.500. The molecule has 1 aromatic carbocycles. The molecule has 2 rings (SSSR count). The molecule has 1 saturated heterocycles. The van der Waals surface area contributed by atoms with E-state index < -0.39 is 37.3 Å². The molecule has 5 atom stereocenters. The first kappa shape index (κ1) is 17.1. The highest BCUT2D eigenvalue weighted by molar-refractivity contribution is 7.80. The van der Waals surface area contributed by atoms with Gasteiger partial charge in [0.25, 0.3) is 5.17 Å². The van der Waals surface area contributed by atoms with Gasteiger partial charge in [-0.3, -0.25) is 4.90 Å². The number of benzene rings is 1. The van der Waals surface area contributed by atoms with E-state index in [4.69, 9.17) is 22.1 Å². The molecule has 1 fully saturated rings. The minimum absolute atomic E-state index is 0.00825. The third kappa shape index (κ3) is 3.54. The van der Waals surface area contributed by atoms with Gasteiger partial charge in [-0.2, -0.15) is 0 Å². The van der Waals surface area contributed by atoms with Crippen molar-refractivity contribution in [3.63, 3.8) is 0 Å². The number of hydrogen-bond donors (Lipinski definition) is 5. The summed E-state index contributed by atoms with van der Waals surface area (Å²) >= 11 is 5.03.